The lowest BCUT2D eigenvalue weighted by Gasteiger charge is -2.37. The topological polar surface area (TPSA) is 105 Å². The first-order valence-corrected chi connectivity index (χ1v) is 16.4. The molecule has 0 radical (unpaired) electrons. The van der Waals surface area contributed by atoms with Crippen LogP contribution in [-0.2, 0) is 19.5 Å². The van der Waals surface area contributed by atoms with Crippen molar-refractivity contribution in [1.82, 2.24) is 9.62 Å². The van der Waals surface area contributed by atoms with E-state index in [1.807, 2.05) is 81.4 Å². The molecule has 1 amide bonds. The molecule has 8 nitrogen and oxygen atoms in total. The van der Waals surface area contributed by atoms with Gasteiger partial charge < -0.3 is 14.6 Å². The molecule has 1 aliphatic carbocycles. The lowest BCUT2D eigenvalue weighted by Crippen LogP contribution is -2.52. The molecule has 4 rings (SSSR count). The Morgan fingerprint density at radius 3 is 2.07 bits per heavy atom. The zero-order valence-electron chi connectivity index (χ0n) is 25.0. The van der Waals surface area contributed by atoms with Crippen molar-refractivity contribution in [2.45, 2.75) is 109 Å². The van der Waals surface area contributed by atoms with E-state index in [4.69, 9.17) is 9.47 Å². The first kappa shape index (κ1) is 31.5. The van der Waals surface area contributed by atoms with Crippen molar-refractivity contribution in [3.8, 4) is 0 Å². The van der Waals surface area contributed by atoms with Crippen LogP contribution < -0.4 is 4.72 Å². The van der Waals surface area contributed by atoms with Crippen molar-refractivity contribution in [2.24, 2.45) is 5.92 Å². The molecule has 2 aromatic rings. The minimum absolute atomic E-state index is 0.362. The Labute approximate surface area is 245 Å². The minimum Gasteiger partial charge on any atom is -0.444 e. The second-order valence-electron chi connectivity index (χ2n) is 12.9. The average molecular weight is 587 g/mol. The maximum absolute atomic E-state index is 13.6. The van der Waals surface area contributed by atoms with Crippen molar-refractivity contribution in [3.63, 3.8) is 0 Å². The van der Waals surface area contributed by atoms with Crippen LogP contribution in [0.4, 0.5) is 4.79 Å². The average Bonchev–Trinajstić information content (AvgIpc) is 3.17. The SMILES string of the molecule is CC(C)(C)OC(=O)N1[C@@H](CC2CCCCC2)[C@H]([C@H](O)CS(=O)(=O)NC(c2ccccc2)c2ccccc2)OC1(C)C. The quantitative estimate of drug-likeness (QED) is 0.387. The van der Waals surface area contributed by atoms with Crippen LogP contribution >= 0.6 is 0 Å². The van der Waals surface area contributed by atoms with E-state index in [1.54, 1.807) is 18.7 Å². The van der Waals surface area contributed by atoms with Crippen molar-refractivity contribution >= 4 is 16.1 Å². The highest BCUT2D eigenvalue weighted by Gasteiger charge is 2.54. The molecule has 0 spiro atoms. The summed E-state index contributed by atoms with van der Waals surface area (Å²) in [5.74, 6) is -0.200. The molecule has 0 unspecified atom stereocenters. The van der Waals surface area contributed by atoms with Crippen LogP contribution in [0.25, 0.3) is 0 Å². The zero-order valence-corrected chi connectivity index (χ0v) is 25.8. The number of amides is 1. The van der Waals surface area contributed by atoms with Crippen molar-refractivity contribution in [2.75, 3.05) is 5.75 Å². The van der Waals surface area contributed by atoms with Gasteiger partial charge in [-0.05, 0) is 58.1 Å². The van der Waals surface area contributed by atoms with E-state index < -0.39 is 57.5 Å². The van der Waals surface area contributed by atoms with Crippen LogP contribution in [0.2, 0.25) is 0 Å². The number of hydrogen-bond acceptors (Lipinski definition) is 6. The molecule has 0 aromatic heterocycles. The van der Waals surface area contributed by atoms with Gasteiger partial charge in [-0.15, -0.1) is 0 Å². The molecule has 1 saturated heterocycles. The van der Waals surface area contributed by atoms with Gasteiger partial charge in [-0.3, -0.25) is 4.90 Å². The molecule has 226 valence electrons. The van der Waals surface area contributed by atoms with Gasteiger partial charge in [-0.2, -0.15) is 0 Å². The molecule has 41 heavy (non-hydrogen) atoms. The number of rotatable bonds is 9. The lowest BCUT2D eigenvalue weighted by atomic mass is 9.83. The third kappa shape index (κ3) is 8.31. The summed E-state index contributed by atoms with van der Waals surface area (Å²) in [6, 6.07) is 17.6. The van der Waals surface area contributed by atoms with Gasteiger partial charge in [0.1, 0.15) is 17.4 Å². The standard InChI is InChI=1S/C32H46N2O6S/c1-31(2,3)40-30(36)34-26(21-23-15-9-6-10-16-23)29(39-32(34,4)5)27(35)22-41(37,38)33-28(24-17-11-7-12-18-24)25-19-13-8-14-20-25/h7-8,11-14,17-20,23,26-29,33,35H,6,9-10,15-16,21-22H2,1-5H3/t26-,27+,29+/m0/s1. The maximum atomic E-state index is 13.6. The number of carbonyl (C=O) groups is 1. The molecule has 1 aliphatic heterocycles. The van der Waals surface area contributed by atoms with Crippen LogP contribution in [0.15, 0.2) is 60.7 Å². The number of aliphatic hydroxyl groups is 1. The third-order valence-corrected chi connectivity index (χ3v) is 9.31. The fourth-order valence-corrected chi connectivity index (χ4v) is 7.55. The van der Waals surface area contributed by atoms with Gasteiger partial charge in [0.2, 0.25) is 10.0 Å². The molecule has 1 heterocycles. The van der Waals surface area contributed by atoms with Crippen LogP contribution in [-0.4, -0.2) is 59.8 Å². The first-order valence-electron chi connectivity index (χ1n) is 14.7. The van der Waals surface area contributed by atoms with Crippen molar-refractivity contribution in [3.05, 3.63) is 71.8 Å². The molecular weight excluding hydrogens is 540 g/mol. The predicted molar refractivity (Wildman–Crippen MR) is 160 cm³/mol. The Morgan fingerprint density at radius 1 is 1.02 bits per heavy atom. The second kappa shape index (κ2) is 12.8. The summed E-state index contributed by atoms with van der Waals surface area (Å²) in [5, 5.41) is 11.5. The van der Waals surface area contributed by atoms with Gasteiger partial charge in [0.15, 0.2) is 0 Å². The molecule has 3 atom stereocenters. The minimum atomic E-state index is -3.99. The maximum Gasteiger partial charge on any atom is 0.412 e. The summed E-state index contributed by atoms with van der Waals surface area (Å²) >= 11 is 0. The highest BCUT2D eigenvalue weighted by Crippen LogP contribution is 2.40. The summed E-state index contributed by atoms with van der Waals surface area (Å²) in [6.07, 6.45) is 3.37. The van der Waals surface area contributed by atoms with E-state index in [9.17, 15) is 18.3 Å². The van der Waals surface area contributed by atoms with E-state index in [0.29, 0.717) is 12.3 Å². The van der Waals surface area contributed by atoms with Crippen molar-refractivity contribution < 1.29 is 27.8 Å². The molecule has 9 heteroatoms. The second-order valence-corrected chi connectivity index (χ2v) is 14.7. The van der Waals surface area contributed by atoms with Gasteiger partial charge in [0, 0.05) is 0 Å². The Bertz CT molecular complexity index is 1200. The monoisotopic (exact) mass is 586 g/mol. The Hall–Kier alpha value is -2.46. The highest BCUT2D eigenvalue weighted by atomic mass is 32.2. The number of carbonyl (C=O) groups excluding carboxylic acids is 1. The van der Waals surface area contributed by atoms with Crippen molar-refractivity contribution in [1.29, 1.82) is 0 Å². The van der Waals surface area contributed by atoms with E-state index in [0.717, 1.165) is 36.8 Å². The molecule has 1 saturated carbocycles. The molecule has 2 aliphatic rings. The fraction of sp³-hybridized carbons (Fsp3) is 0.594. The smallest absolute Gasteiger partial charge is 0.412 e. The van der Waals surface area contributed by atoms with Crippen LogP contribution in [0, 0.1) is 5.92 Å². The summed E-state index contributed by atoms with van der Waals surface area (Å²) in [4.78, 5) is 15.0. The number of nitrogens with zero attached hydrogens (tertiary/aromatic N) is 1. The van der Waals surface area contributed by atoms with E-state index in [1.165, 1.54) is 6.42 Å². The van der Waals surface area contributed by atoms with E-state index in [-0.39, 0.29) is 0 Å². The summed E-state index contributed by atoms with van der Waals surface area (Å²) < 4.78 is 42.0. The molecule has 2 fully saturated rings. The molecule has 2 N–H and O–H groups in total. The van der Waals surface area contributed by atoms with Gasteiger partial charge in [-0.1, -0.05) is 92.8 Å². The number of nitrogens with one attached hydrogen (secondary N) is 1. The van der Waals surface area contributed by atoms with Gasteiger partial charge >= 0.3 is 6.09 Å². The largest absolute Gasteiger partial charge is 0.444 e. The zero-order chi connectivity index (χ0) is 29.8. The number of hydrogen-bond donors (Lipinski definition) is 2. The van der Waals surface area contributed by atoms with Gasteiger partial charge in [0.05, 0.1) is 23.9 Å². The summed E-state index contributed by atoms with van der Waals surface area (Å²) in [5.41, 5.74) is -0.208. The number of ether oxygens (including phenoxy) is 2. The third-order valence-electron chi connectivity index (χ3n) is 7.94. The fourth-order valence-electron chi connectivity index (χ4n) is 6.19. The van der Waals surface area contributed by atoms with Crippen LogP contribution in [0.3, 0.4) is 0 Å². The molecule has 2 aromatic carbocycles. The Balaban J connectivity index is 1.58. The molecular formula is C32H46N2O6S. The number of aliphatic hydroxyl groups excluding tert-OH is 1. The van der Waals surface area contributed by atoms with Gasteiger partial charge in [0.25, 0.3) is 0 Å². The molecule has 0 bridgehead atoms. The van der Waals surface area contributed by atoms with Crippen LogP contribution in [0.1, 0.15) is 90.3 Å². The van der Waals surface area contributed by atoms with E-state index in [2.05, 4.69) is 4.72 Å². The Morgan fingerprint density at radius 2 is 1.56 bits per heavy atom. The summed E-state index contributed by atoms with van der Waals surface area (Å²) in [7, 11) is -3.99. The van der Waals surface area contributed by atoms with E-state index >= 15 is 0 Å². The normalized spacial score (nSPS) is 22.6. The predicted octanol–water partition coefficient (Wildman–Crippen LogP) is 5.77. The van der Waals surface area contributed by atoms with Crippen LogP contribution in [0.5, 0.6) is 0 Å². The first-order chi connectivity index (χ1) is 19.3. The lowest BCUT2D eigenvalue weighted by molar-refractivity contribution is -0.0995. The summed E-state index contributed by atoms with van der Waals surface area (Å²) in [6.45, 7) is 8.97. The van der Waals surface area contributed by atoms with Gasteiger partial charge in [-0.25, -0.2) is 17.9 Å². The number of sulfonamides is 1. The number of benzene rings is 2. The highest BCUT2D eigenvalue weighted by molar-refractivity contribution is 7.89. The Kier molecular flexibility index (Phi) is 9.84.